The molecule has 0 N–H and O–H groups in total. The third-order valence-electron chi connectivity index (χ3n) is 3.94. The van der Waals surface area contributed by atoms with Crippen LogP contribution >= 0.6 is 0 Å². The minimum Gasteiger partial charge on any atom is -0.259 e. The summed E-state index contributed by atoms with van der Waals surface area (Å²) < 4.78 is 0. The van der Waals surface area contributed by atoms with E-state index in [1.807, 2.05) is 18.2 Å². The molecule has 0 amide bonds. The molecule has 0 spiro atoms. The van der Waals surface area contributed by atoms with Gasteiger partial charge < -0.3 is 0 Å². The zero-order valence-electron chi connectivity index (χ0n) is 10.4. The molecule has 90 valence electrons. The van der Waals surface area contributed by atoms with Crippen LogP contribution in [0.3, 0.4) is 0 Å². The lowest BCUT2D eigenvalue weighted by Gasteiger charge is -2.22. The first-order valence-electron chi connectivity index (χ1n) is 6.68. The first-order valence-corrected chi connectivity index (χ1v) is 6.68. The van der Waals surface area contributed by atoms with Crippen LogP contribution in [0.4, 0.5) is 0 Å². The van der Waals surface area contributed by atoms with Gasteiger partial charge in [0.25, 0.3) is 0 Å². The molecule has 1 heterocycles. The van der Waals surface area contributed by atoms with Gasteiger partial charge in [-0.25, -0.2) is 0 Å². The fourth-order valence-electron chi connectivity index (χ4n) is 3.00. The highest BCUT2D eigenvalue weighted by Gasteiger charge is 2.19. The van der Waals surface area contributed by atoms with Crippen LogP contribution < -0.4 is 0 Å². The van der Waals surface area contributed by atoms with Crippen molar-refractivity contribution in [2.45, 2.75) is 38.0 Å². The summed E-state index contributed by atoms with van der Waals surface area (Å²) >= 11 is 0. The van der Waals surface area contributed by atoms with Gasteiger partial charge in [-0.15, -0.1) is 0 Å². The topological polar surface area (TPSA) is 36.7 Å². The Morgan fingerprint density at radius 2 is 1.78 bits per heavy atom. The maximum absolute atomic E-state index is 9.15. The summed E-state index contributed by atoms with van der Waals surface area (Å²) in [6.07, 6.45) is 8.18. The highest BCUT2D eigenvalue weighted by molar-refractivity contribution is 5.89. The van der Waals surface area contributed by atoms with Crippen LogP contribution in [-0.4, -0.2) is 4.98 Å². The molecule has 1 aliphatic rings. The summed E-state index contributed by atoms with van der Waals surface area (Å²) in [5.74, 6) is 0.580. The van der Waals surface area contributed by atoms with Gasteiger partial charge in [-0.1, -0.05) is 43.5 Å². The maximum Gasteiger partial charge on any atom is 0.101 e. The molecule has 0 aliphatic heterocycles. The van der Waals surface area contributed by atoms with Crippen LogP contribution in [0.1, 0.15) is 49.3 Å². The van der Waals surface area contributed by atoms with Gasteiger partial charge >= 0.3 is 0 Å². The lowest BCUT2D eigenvalue weighted by Crippen LogP contribution is -2.07. The molecule has 0 unspecified atom stereocenters. The van der Waals surface area contributed by atoms with E-state index in [1.54, 1.807) is 6.20 Å². The quantitative estimate of drug-likeness (QED) is 0.745. The van der Waals surface area contributed by atoms with Gasteiger partial charge in [0.15, 0.2) is 0 Å². The second-order valence-electron chi connectivity index (χ2n) is 5.05. The number of nitrogens with zero attached hydrogens (tertiary/aromatic N) is 2. The highest BCUT2D eigenvalue weighted by Crippen LogP contribution is 2.35. The summed E-state index contributed by atoms with van der Waals surface area (Å²) in [5, 5.41) is 11.4. The summed E-state index contributed by atoms with van der Waals surface area (Å²) in [5.41, 5.74) is 1.88. The molecule has 1 aliphatic carbocycles. The number of aromatic nitrogens is 1. The van der Waals surface area contributed by atoms with E-state index in [9.17, 15) is 0 Å². The second-order valence-corrected chi connectivity index (χ2v) is 5.05. The standard InChI is InChI=1S/C16H16N2/c17-10-13-11-18-16(12-6-2-1-3-7-12)15-9-5-4-8-14(13)15/h4-5,8-9,11-12H,1-3,6-7H2. The van der Waals surface area contributed by atoms with Crippen molar-refractivity contribution < 1.29 is 0 Å². The van der Waals surface area contributed by atoms with Crippen molar-refractivity contribution in [3.05, 3.63) is 41.7 Å². The molecule has 18 heavy (non-hydrogen) atoms. The van der Waals surface area contributed by atoms with E-state index < -0.39 is 0 Å². The third kappa shape index (κ3) is 1.86. The van der Waals surface area contributed by atoms with E-state index in [1.165, 1.54) is 43.2 Å². The van der Waals surface area contributed by atoms with Crippen LogP contribution in [0.25, 0.3) is 10.8 Å². The van der Waals surface area contributed by atoms with Crippen molar-refractivity contribution in [1.82, 2.24) is 4.98 Å². The Balaban J connectivity index is 2.15. The molecule has 0 radical (unpaired) electrons. The summed E-state index contributed by atoms with van der Waals surface area (Å²) in [6.45, 7) is 0. The molecule has 0 atom stereocenters. The van der Waals surface area contributed by atoms with Gasteiger partial charge in [-0.3, -0.25) is 4.98 Å². The number of pyridine rings is 1. The van der Waals surface area contributed by atoms with Crippen molar-refractivity contribution in [3.8, 4) is 6.07 Å². The lowest BCUT2D eigenvalue weighted by molar-refractivity contribution is 0.439. The lowest BCUT2D eigenvalue weighted by atomic mass is 9.84. The van der Waals surface area contributed by atoms with E-state index >= 15 is 0 Å². The van der Waals surface area contributed by atoms with Crippen molar-refractivity contribution in [3.63, 3.8) is 0 Å². The fourth-order valence-corrected chi connectivity index (χ4v) is 3.00. The van der Waals surface area contributed by atoms with Gasteiger partial charge in [0.2, 0.25) is 0 Å². The second kappa shape index (κ2) is 4.78. The number of fused-ring (bicyclic) bond motifs is 1. The summed E-state index contributed by atoms with van der Waals surface area (Å²) in [4.78, 5) is 4.58. The first kappa shape index (κ1) is 11.2. The summed E-state index contributed by atoms with van der Waals surface area (Å²) in [6, 6.07) is 10.4. The Kier molecular flexibility index (Phi) is 2.98. The van der Waals surface area contributed by atoms with E-state index in [0.717, 1.165) is 5.39 Å². The van der Waals surface area contributed by atoms with Gasteiger partial charge in [0.05, 0.1) is 11.3 Å². The van der Waals surface area contributed by atoms with E-state index in [-0.39, 0.29) is 0 Å². The molecule has 1 aromatic carbocycles. The SMILES string of the molecule is N#Cc1cnc(C2CCCCC2)c2ccccc12. The smallest absolute Gasteiger partial charge is 0.101 e. The first-order chi connectivity index (χ1) is 8.90. The van der Waals surface area contributed by atoms with Crippen LogP contribution in [0.5, 0.6) is 0 Å². The summed E-state index contributed by atoms with van der Waals surface area (Å²) in [7, 11) is 0. The molecule has 1 aromatic heterocycles. The average Bonchev–Trinajstić information content (AvgIpc) is 2.47. The van der Waals surface area contributed by atoms with Crippen molar-refractivity contribution in [2.24, 2.45) is 0 Å². The molecule has 2 heteroatoms. The van der Waals surface area contributed by atoms with Crippen LogP contribution in [0.2, 0.25) is 0 Å². The fraction of sp³-hybridized carbons (Fsp3) is 0.375. The van der Waals surface area contributed by atoms with Crippen molar-refractivity contribution >= 4 is 10.8 Å². The molecule has 0 bridgehead atoms. The van der Waals surface area contributed by atoms with Crippen LogP contribution in [-0.2, 0) is 0 Å². The van der Waals surface area contributed by atoms with E-state index in [0.29, 0.717) is 11.5 Å². The molecular weight excluding hydrogens is 220 g/mol. The maximum atomic E-state index is 9.15. The Morgan fingerprint density at radius 3 is 2.50 bits per heavy atom. The molecular formula is C16H16N2. The number of rotatable bonds is 1. The van der Waals surface area contributed by atoms with Gasteiger partial charge in [0, 0.05) is 22.9 Å². The van der Waals surface area contributed by atoms with Crippen LogP contribution in [0, 0.1) is 11.3 Å². The number of hydrogen-bond donors (Lipinski definition) is 0. The normalized spacial score (nSPS) is 16.6. The molecule has 3 rings (SSSR count). The zero-order valence-corrected chi connectivity index (χ0v) is 10.4. The molecule has 1 fully saturated rings. The predicted molar refractivity (Wildman–Crippen MR) is 72.3 cm³/mol. The van der Waals surface area contributed by atoms with E-state index in [2.05, 4.69) is 17.1 Å². The Labute approximate surface area is 107 Å². The number of hydrogen-bond acceptors (Lipinski definition) is 2. The van der Waals surface area contributed by atoms with Crippen molar-refractivity contribution in [2.75, 3.05) is 0 Å². The number of benzene rings is 1. The average molecular weight is 236 g/mol. The third-order valence-corrected chi connectivity index (χ3v) is 3.94. The highest BCUT2D eigenvalue weighted by atomic mass is 14.7. The van der Waals surface area contributed by atoms with Gasteiger partial charge in [-0.2, -0.15) is 5.26 Å². The molecule has 1 saturated carbocycles. The van der Waals surface area contributed by atoms with Gasteiger partial charge in [-0.05, 0) is 12.8 Å². The minimum atomic E-state index is 0.580. The Morgan fingerprint density at radius 1 is 1.06 bits per heavy atom. The predicted octanol–water partition coefficient (Wildman–Crippen LogP) is 4.15. The molecule has 2 aromatic rings. The molecule has 0 saturated heterocycles. The Bertz CT molecular complexity index is 604. The zero-order chi connectivity index (χ0) is 12.4. The minimum absolute atomic E-state index is 0.580. The molecule has 2 nitrogen and oxygen atoms in total. The number of nitriles is 1. The monoisotopic (exact) mass is 236 g/mol. The van der Waals surface area contributed by atoms with E-state index in [4.69, 9.17) is 5.26 Å². The Hall–Kier alpha value is -1.88. The largest absolute Gasteiger partial charge is 0.259 e. The van der Waals surface area contributed by atoms with Crippen molar-refractivity contribution in [1.29, 1.82) is 5.26 Å². The van der Waals surface area contributed by atoms with Crippen LogP contribution in [0.15, 0.2) is 30.5 Å². The van der Waals surface area contributed by atoms with Gasteiger partial charge in [0.1, 0.15) is 6.07 Å².